The molecule has 1 atom stereocenters. The van der Waals surface area contributed by atoms with E-state index in [0.29, 0.717) is 0 Å². The van der Waals surface area contributed by atoms with E-state index in [1.54, 1.807) is 12.1 Å². The van der Waals surface area contributed by atoms with Crippen LogP contribution in [0.5, 0.6) is 5.75 Å². The molecule has 0 saturated carbocycles. The van der Waals surface area contributed by atoms with Crippen LogP contribution in [-0.4, -0.2) is 34.6 Å². The number of hydrogen-bond acceptors (Lipinski definition) is 9. The summed E-state index contributed by atoms with van der Waals surface area (Å²) in [6.45, 7) is 0.490. The van der Waals surface area contributed by atoms with E-state index in [1.807, 2.05) is 0 Å². The number of carbonyl (C=O) groups is 2. The van der Waals surface area contributed by atoms with Gasteiger partial charge in [0, 0.05) is 13.3 Å². The number of carbonyl (C=O) groups excluding carboxylic acids is 2. The summed E-state index contributed by atoms with van der Waals surface area (Å²) in [7, 11) is 0. The predicted octanol–water partition coefficient (Wildman–Crippen LogP) is 1.36. The molecule has 0 heterocycles. The van der Waals surface area contributed by atoms with Gasteiger partial charge in [-0.25, -0.2) is 0 Å². The minimum absolute atomic E-state index is 0.0586. The summed E-state index contributed by atoms with van der Waals surface area (Å²) < 4.78 is 4.90. The highest BCUT2D eigenvalue weighted by molar-refractivity contribution is 5.99. The molecule has 0 fully saturated rings. The van der Waals surface area contributed by atoms with Crippen molar-refractivity contribution < 1.29 is 34.2 Å². The zero-order chi connectivity index (χ0) is 18.1. The lowest BCUT2D eigenvalue weighted by atomic mass is 10.0. The van der Waals surface area contributed by atoms with Gasteiger partial charge < -0.3 is 14.4 Å². The van der Waals surface area contributed by atoms with E-state index in [2.05, 4.69) is 9.68 Å². The summed E-state index contributed by atoms with van der Waals surface area (Å²) in [4.78, 5) is 52.0. The number of benzene rings is 1. The van der Waals surface area contributed by atoms with Crippen LogP contribution in [0, 0.1) is 20.2 Å². The minimum atomic E-state index is -1.28. The van der Waals surface area contributed by atoms with Gasteiger partial charge in [0.25, 0.3) is 10.2 Å². The van der Waals surface area contributed by atoms with Crippen LogP contribution in [0.2, 0.25) is 0 Å². The number of hydrogen-bond donors (Lipinski definition) is 0. The molecule has 0 radical (unpaired) electrons. The molecule has 0 spiro atoms. The van der Waals surface area contributed by atoms with E-state index in [1.165, 1.54) is 19.1 Å². The third-order valence-electron chi connectivity index (χ3n) is 2.74. The van der Waals surface area contributed by atoms with E-state index in [9.17, 15) is 29.8 Å². The molecule has 1 aromatic rings. The zero-order valence-electron chi connectivity index (χ0n) is 12.6. The standard InChI is InChI=1S/C13H14N2O9/c1-9(16)23-13-5-3-2-4-11(13)12(17)7-6-10(24-15(20)21)8-22-14(18)19/h2-5,10H,6-8H2,1H3. The van der Waals surface area contributed by atoms with Crippen LogP contribution in [0.3, 0.4) is 0 Å². The first-order chi connectivity index (χ1) is 11.3. The number of ketones is 1. The lowest BCUT2D eigenvalue weighted by Crippen LogP contribution is -2.25. The van der Waals surface area contributed by atoms with Crippen molar-refractivity contribution in [3.05, 3.63) is 50.1 Å². The molecule has 11 nitrogen and oxygen atoms in total. The maximum atomic E-state index is 12.2. The fraction of sp³-hybridized carbons (Fsp3) is 0.385. The van der Waals surface area contributed by atoms with Crippen LogP contribution in [-0.2, 0) is 14.5 Å². The predicted molar refractivity (Wildman–Crippen MR) is 76.1 cm³/mol. The normalized spacial score (nSPS) is 11.2. The van der Waals surface area contributed by atoms with Crippen LogP contribution < -0.4 is 4.74 Å². The highest BCUT2D eigenvalue weighted by Crippen LogP contribution is 2.21. The quantitative estimate of drug-likeness (QED) is 0.202. The number of rotatable bonds is 10. The second-order valence-corrected chi connectivity index (χ2v) is 4.52. The summed E-state index contributed by atoms with van der Waals surface area (Å²) in [6, 6.07) is 5.98. The molecule has 0 N–H and O–H groups in total. The van der Waals surface area contributed by atoms with E-state index in [4.69, 9.17) is 4.74 Å². The van der Waals surface area contributed by atoms with E-state index < -0.39 is 34.6 Å². The van der Waals surface area contributed by atoms with Gasteiger partial charge in [-0.15, -0.1) is 20.2 Å². The highest BCUT2D eigenvalue weighted by atomic mass is 17.0. The zero-order valence-corrected chi connectivity index (χ0v) is 12.6. The molecular formula is C13H14N2O9. The first-order valence-electron chi connectivity index (χ1n) is 6.68. The largest absolute Gasteiger partial charge is 0.426 e. The Labute approximate surface area is 135 Å². The Morgan fingerprint density at radius 3 is 2.42 bits per heavy atom. The van der Waals surface area contributed by atoms with Crippen molar-refractivity contribution in [2.45, 2.75) is 25.9 Å². The average molecular weight is 342 g/mol. The second kappa shape index (κ2) is 9.02. The van der Waals surface area contributed by atoms with Crippen LogP contribution in [0.25, 0.3) is 0 Å². The molecule has 11 heteroatoms. The SMILES string of the molecule is CC(=O)Oc1ccccc1C(=O)CCC(CO[N+](=O)[O-])O[N+](=O)[O-]. The maximum Gasteiger partial charge on any atom is 0.308 e. The van der Waals surface area contributed by atoms with Crippen molar-refractivity contribution in [2.75, 3.05) is 6.61 Å². The Bertz CT molecular complexity index is 632. The molecule has 0 amide bonds. The molecule has 0 aromatic heterocycles. The first kappa shape index (κ1) is 18.8. The first-order valence-corrected chi connectivity index (χ1v) is 6.68. The highest BCUT2D eigenvalue weighted by Gasteiger charge is 2.20. The smallest absolute Gasteiger partial charge is 0.308 e. The molecule has 1 aromatic carbocycles. The minimum Gasteiger partial charge on any atom is -0.426 e. The Balaban J connectivity index is 2.72. The molecule has 1 unspecified atom stereocenters. The van der Waals surface area contributed by atoms with Gasteiger partial charge in [-0.3, -0.25) is 9.59 Å². The van der Waals surface area contributed by atoms with Crippen molar-refractivity contribution in [3.8, 4) is 5.75 Å². The Hall–Kier alpha value is -3.24. The molecule has 0 saturated heterocycles. The van der Waals surface area contributed by atoms with E-state index in [0.717, 1.165) is 0 Å². The number of ether oxygens (including phenoxy) is 1. The summed E-state index contributed by atoms with van der Waals surface area (Å²) in [5, 5.41) is 18.3. The average Bonchev–Trinajstić information content (AvgIpc) is 2.49. The van der Waals surface area contributed by atoms with Crippen molar-refractivity contribution >= 4 is 11.8 Å². The molecule has 1 rings (SSSR count). The third-order valence-corrected chi connectivity index (χ3v) is 2.74. The van der Waals surface area contributed by atoms with Crippen molar-refractivity contribution in [1.82, 2.24) is 0 Å². The second-order valence-electron chi connectivity index (χ2n) is 4.52. The van der Waals surface area contributed by atoms with Gasteiger partial charge in [-0.1, -0.05) is 12.1 Å². The lowest BCUT2D eigenvalue weighted by Gasteiger charge is -2.13. The maximum absolute atomic E-state index is 12.2. The van der Waals surface area contributed by atoms with E-state index >= 15 is 0 Å². The van der Waals surface area contributed by atoms with Gasteiger partial charge in [0.15, 0.2) is 5.78 Å². The fourth-order valence-corrected chi connectivity index (χ4v) is 1.80. The number of Topliss-reactive ketones (excluding diaryl/α,β-unsaturated/α-hetero) is 1. The summed E-state index contributed by atoms with van der Waals surface area (Å²) in [6.07, 6.45) is -1.70. The van der Waals surface area contributed by atoms with Gasteiger partial charge in [-0.05, 0) is 18.6 Å². The van der Waals surface area contributed by atoms with Crippen LogP contribution >= 0.6 is 0 Å². The van der Waals surface area contributed by atoms with Gasteiger partial charge in [0.2, 0.25) is 0 Å². The molecule has 24 heavy (non-hydrogen) atoms. The fourth-order valence-electron chi connectivity index (χ4n) is 1.80. The number of esters is 1. The number of para-hydroxylation sites is 1. The molecule has 0 aliphatic rings. The topological polar surface area (TPSA) is 148 Å². The summed E-state index contributed by atoms with van der Waals surface area (Å²) in [5.74, 6) is -1.02. The van der Waals surface area contributed by atoms with Gasteiger partial charge in [0.05, 0.1) is 5.56 Å². The van der Waals surface area contributed by atoms with Crippen LogP contribution in [0.1, 0.15) is 30.1 Å². The van der Waals surface area contributed by atoms with Gasteiger partial charge >= 0.3 is 5.97 Å². The van der Waals surface area contributed by atoms with Crippen molar-refractivity contribution in [3.63, 3.8) is 0 Å². The molecule has 130 valence electrons. The van der Waals surface area contributed by atoms with Crippen LogP contribution in [0.4, 0.5) is 0 Å². The molecule has 0 aliphatic carbocycles. The van der Waals surface area contributed by atoms with Gasteiger partial charge in [-0.2, -0.15) is 0 Å². The van der Waals surface area contributed by atoms with Crippen LogP contribution in [0.15, 0.2) is 24.3 Å². The van der Waals surface area contributed by atoms with Crippen molar-refractivity contribution in [1.29, 1.82) is 0 Å². The van der Waals surface area contributed by atoms with Gasteiger partial charge in [0.1, 0.15) is 18.5 Å². The molecule has 0 aliphatic heterocycles. The van der Waals surface area contributed by atoms with Crippen molar-refractivity contribution in [2.24, 2.45) is 0 Å². The number of nitrogens with zero attached hydrogens (tertiary/aromatic N) is 2. The summed E-state index contributed by atoms with van der Waals surface area (Å²) >= 11 is 0. The van der Waals surface area contributed by atoms with E-state index in [-0.39, 0.29) is 24.2 Å². The Morgan fingerprint density at radius 1 is 1.17 bits per heavy atom. The third kappa shape index (κ3) is 6.68. The Morgan fingerprint density at radius 2 is 1.83 bits per heavy atom. The lowest BCUT2D eigenvalue weighted by molar-refractivity contribution is -0.790. The molecular weight excluding hydrogens is 328 g/mol. The summed E-state index contributed by atoms with van der Waals surface area (Å²) in [5.41, 5.74) is 0.114. The monoisotopic (exact) mass is 342 g/mol. The molecule has 0 bridgehead atoms. The Kier molecular flexibility index (Phi) is 7.07.